The van der Waals surface area contributed by atoms with Crippen LogP contribution in [0.1, 0.15) is 9.30 Å². The number of aromatic nitrogens is 1. The highest BCUT2D eigenvalue weighted by Gasteiger charge is 2.16. The van der Waals surface area contributed by atoms with Gasteiger partial charge in [0.05, 0.1) is 9.25 Å². The molecule has 0 aliphatic rings. The van der Waals surface area contributed by atoms with Crippen molar-refractivity contribution in [2.75, 3.05) is 0 Å². The zero-order valence-corrected chi connectivity index (χ0v) is 12.1. The van der Waals surface area contributed by atoms with Gasteiger partial charge in [0.1, 0.15) is 5.82 Å². The molecular formula is C10H5Br3FN. The zero-order chi connectivity index (χ0) is 11.0. The Bertz CT molecular complexity index is 513. The topological polar surface area (TPSA) is 12.9 Å². The van der Waals surface area contributed by atoms with Crippen LogP contribution in [-0.4, -0.2) is 4.98 Å². The summed E-state index contributed by atoms with van der Waals surface area (Å²) in [6.07, 6.45) is 1.65. The third-order valence-corrected chi connectivity index (χ3v) is 3.62. The molecule has 0 amide bonds. The molecule has 0 N–H and O–H groups in total. The highest BCUT2D eigenvalue weighted by atomic mass is 79.9. The van der Waals surface area contributed by atoms with E-state index in [1.165, 1.54) is 6.07 Å². The standard InChI is InChI=1S/C10H5Br3FN/c11-6-4-7(14)8(10(12)13)9-5(6)2-1-3-15-9/h1-4,10H. The molecule has 0 fully saturated rings. The third-order valence-electron chi connectivity index (χ3n) is 2.05. The van der Waals surface area contributed by atoms with Crippen LogP contribution in [0.2, 0.25) is 0 Å². The summed E-state index contributed by atoms with van der Waals surface area (Å²) in [5.74, 6) is -0.285. The van der Waals surface area contributed by atoms with Crippen LogP contribution in [0.15, 0.2) is 28.9 Å². The first-order valence-corrected chi connectivity index (χ1v) is 6.74. The largest absolute Gasteiger partial charge is 0.256 e. The predicted octanol–water partition coefficient (Wildman–Crippen LogP) is 4.92. The molecule has 1 aromatic carbocycles. The van der Waals surface area contributed by atoms with Crippen LogP contribution in [0.25, 0.3) is 10.9 Å². The summed E-state index contributed by atoms with van der Waals surface area (Å²) < 4.78 is 14.2. The molecule has 2 aromatic rings. The van der Waals surface area contributed by atoms with Crippen molar-refractivity contribution in [1.82, 2.24) is 4.98 Å². The Morgan fingerprint density at radius 3 is 2.73 bits per heavy atom. The van der Waals surface area contributed by atoms with E-state index in [1.54, 1.807) is 6.20 Å². The van der Waals surface area contributed by atoms with Crippen molar-refractivity contribution < 1.29 is 4.39 Å². The quantitative estimate of drug-likeness (QED) is 0.622. The van der Waals surface area contributed by atoms with Gasteiger partial charge in [0, 0.05) is 21.6 Å². The highest BCUT2D eigenvalue weighted by Crippen LogP contribution is 2.38. The van der Waals surface area contributed by atoms with Crippen molar-refractivity contribution >= 4 is 58.7 Å². The Balaban J connectivity index is 2.90. The molecular weight excluding hydrogens is 393 g/mol. The fraction of sp³-hybridized carbons (Fsp3) is 0.100. The van der Waals surface area contributed by atoms with Crippen LogP contribution in [0.5, 0.6) is 0 Å². The van der Waals surface area contributed by atoms with Gasteiger partial charge < -0.3 is 0 Å². The van der Waals surface area contributed by atoms with E-state index in [9.17, 15) is 4.39 Å². The monoisotopic (exact) mass is 395 g/mol. The Kier molecular flexibility index (Phi) is 3.42. The number of benzene rings is 1. The Labute approximate surface area is 111 Å². The van der Waals surface area contributed by atoms with Crippen molar-refractivity contribution in [3.05, 3.63) is 40.2 Å². The minimum absolute atomic E-state index is 0.240. The predicted molar refractivity (Wildman–Crippen MR) is 70.0 cm³/mol. The Morgan fingerprint density at radius 1 is 1.33 bits per heavy atom. The van der Waals surface area contributed by atoms with E-state index in [2.05, 4.69) is 52.8 Å². The Hall–Kier alpha value is 0. The number of pyridine rings is 1. The van der Waals surface area contributed by atoms with Gasteiger partial charge in [-0.1, -0.05) is 37.9 Å². The van der Waals surface area contributed by atoms with Crippen molar-refractivity contribution in [2.45, 2.75) is 3.74 Å². The second-order valence-electron chi connectivity index (χ2n) is 2.95. The van der Waals surface area contributed by atoms with E-state index in [1.807, 2.05) is 12.1 Å². The molecule has 5 heteroatoms. The van der Waals surface area contributed by atoms with Gasteiger partial charge in [-0.15, -0.1) is 0 Å². The van der Waals surface area contributed by atoms with E-state index in [4.69, 9.17) is 0 Å². The average molecular weight is 398 g/mol. The van der Waals surface area contributed by atoms with Gasteiger partial charge in [-0.3, -0.25) is 4.98 Å². The second-order valence-corrected chi connectivity index (χ2v) is 6.87. The van der Waals surface area contributed by atoms with Gasteiger partial charge in [0.25, 0.3) is 0 Å². The van der Waals surface area contributed by atoms with Gasteiger partial charge in [-0.25, -0.2) is 4.39 Å². The molecule has 78 valence electrons. The minimum atomic E-state index is -0.285. The molecule has 1 nitrogen and oxygen atoms in total. The summed E-state index contributed by atoms with van der Waals surface area (Å²) in [5, 5.41) is 0.901. The summed E-state index contributed by atoms with van der Waals surface area (Å²) in [6, 6.07) is 5.18. The third kappa shape index (κ3) is 2.10. The molecule has 0 saturated heterocycles. The van der Waals surface area contributed by atoms with E-state index >= 15 is 0 Å². The number of rotatable bonds is 1. The summed E-state index contributed by atoms with van der Waals surface area (Å²) in [7, 11) is 0. The summed E-state index contributed by atoms with van der Waals surface area (Å²) in [4.78, 5) is 4.19. The normalized spacial score (nSPS) is 11.3. The van der Waals surface area contributed by atoms with Crippen molar-refractivity contribution in [3.8, 4) is 0 Å². The zero-order valence-electron chi connectivity index (χ0n) is 7.35. The van der Waals surface area contributed by atoms with E-state index < -0.39 is 0 Å². The SMILES string of the molecule is Fc1cc(Br)c2cccnc2c1C(Br)Br. The van der Waals surface area contributed by atoms with Crippen LogP contribution in [0.4, 0.5) is 4.39 Å². The molecule has 0 radical (unpaired) electrons. The molecule has 15 heavy (non-hydrogen) atoms. The fourth-order valence-electron chi connectivity index (χ4n) is 1.40. The molecule has 1 aromatic heterocycles. The molecule has 0 atom stereocenters. The molecule has 0 aliphatic heterocycles. The number of alkyl halides is 2. The Morgan fingerprint density at radius 2 is 2.07 bits per heavy atom. The van der Waals surface area contributed by atoms with E-state index in [0.29, 0.717) is 15.6 Å². The maximum absolute atomic E-state index is 13.7. The number of fused-ring (bicyclic) bond motifs is 1. The molecule has 0 unspecified atom stereocenters. The number of hydrogen-bond donors (Lipinski definition) is 0. The van der Waals surface area contributed by atoms with Crippen molar-refractivity contribution in [2.24, 2.45) is 0 Å². The van der Waals surface area contributed by atoms with Gasteiger partial charge in [0.15, 0.2) is 0 Å². The van der Waals surface area contributed by atoms with E-state index in [0.717, 1.165) is 5.39 Å². The van der Waals surface area contributed by atoms with Gasteiger partial charge >= 0.3 is 0 Å². The van der Waals surface area contributed by atoms with Crippen LogP contribution in [-0.2, 0) is 0 Å². The first-order valence-electron chi connectivity index (χ1n) is 4.12. The van der Waals surface area contributed by atoms with Gasteiger partial charge in [0.2, 0.25) is 0 Å². The van der Waals surface area contributed by atoms with Gasteiger partial charge in [-0.2, -0.15) is 0 Å². The highest BCUT2D eigenvalue weighted by molar-refractivity contribution is 9.24. The summed E-state index contributed by atoms with van der Waals surface area (Å²) >= 11 is 9.92. The van der Waals surface area contributed by atoms with Crippen molar-refractivity contribution in [3.63, 3.8) is 0 Å². The average Bonchev–Trinajstić information content (AvgIpc) is 2.17. The van der Waals surface area contributed by atoms with Crippen LogP contribution < -0.4 is 0 Å². The number of halogens is 4. The number of hydrogen-bond acceptors (Lipinski definition) is 1. The van der Waals surface area contributed by atoms with E-state index in [-0.39, 0.29) is 9.55 Å². The first kappa shape index (κ1) is 11.5. The molecule has 1 heterocycles. The lowest BCUT2D eigenvalue weighted by atomic mass is 10.1. The van der Waals surface area contributed by atoms with Crippen LogP contribution in [0, 0.1) is 5.82 Å². The molecule has 0 bridgehead atoms. The fourth-order valence-corrected chi connectivity index (χ4v) is 2.79. The summed E-state index contributed by atoms with van der Waals surface area (Å²) in [5.41, 5.74) is 1.18. The van der Waals surface area contributed by atoms with Crippen LogP contribution >= 0.6 is 47.8 Å². The second kappa shape index (κ2) is 4.47. The minimum Gasteiger partial charge on any atom is -0.256 e. The molecule has 0 saturated carbocycles. The van der Waals surface area contributed by atoms with Gasteiger partial charge in [-0.05, 0) is 28.1 Å². The lowest BCUT2D eigenvalue weighted by Gasteiger charge is -2.09. The molecule has 0 spiro atoms. The lowest BCUT2D eigenvalue weighted by molar-refractivity contribution is 0.618. The van der Waals surface area contributed by atoms with Crippen LogP contribution in [0.3, 0.4) is 0 Å². The first-order chi connectivity index (χ1) is 7.11. The summed E-state index contributed by atoms with van der Waals surface area (Å²) in [6.45, 7) is 0. The van der Waals surface area contributed by atoms with Crippen molar-refractivity contribution in [1.29, 1.82) is 0 Å². The smallest absolute Gasteiger partial charge is 0.131 e. The number of nitrogens with zero attached hydrogens (tertiary/aromatic N) is 1. The molecule has 2 rings (SSSR count). The lowest BCUT2D eigenvalue weighted by Crippen LogP contribution is -1.93. The maximum atomic E-state index is 13.7. The molecule has 0 aliphatic carbocycles. The maximum Gasteiger partial charge on any atom is 0.131 e.